The van der Waals surface area contributed by atoms with Crippen LogP contribution in [0.3, 0.4) is 0 Å². The van der Waals surface area contributed by atoms with Gasteiger partial charge in [0.25, 0.3) is 0 Å². The largest absolute Gasteiger partial charge is 0.497 e. The topological polar surface area (TPSA) is 97.0 Å². The summed E-state index contributed by atoms with van der Waals surface area (Å²) in [4.78, 5) is 37.6. The lowest BCUT2D eigenvalue weighted by Gasteiger charge is -2.30. The van der Waals surface area contributed by atoms with Gasteiger partial charge in [-0.05, 0) is 43.9 Å². The van der Waals surface area contributed by atoms with Gasteiger partial charge in [0.15, 0.2) is 0 Å². The fourth-order valence-corrected chi connectivity index (χ4v) is 3.59. The SMILES string of the molecule is COc1ccc2c(C)c(CCC(=O)N3CCCC(C(=O)O)C3)c(=O)oc2c1. The average molecular weight is 373 g/mol. The van der Waals surface area contributed by atoms with E-state index in [4.69, 9.17) is 14.3 Å². The van der Waals surface area contributed by atoms with E-state index in [1.54, 1.807) is 24.1 Å². The first kappa shape index (κ1) is 18.9. The lowest BCUT2D eigenvalue weighted by atomic mass is 9.97. The summed E-state index contributed by atoms with van der Waals surface area (Å²) >= 11 is 0. The monoisotopic (exact) mass is 373 g/mol. The Labute approximate surface area is 156 Å². The predicted molar refractivity (Wildman–Crippen MR) is 99.0 cm³/mol. The zero-order valence-electron chi connectivity index (χ0n) is 15.5. The number of likely N-dealkylation sites (tertiary alicyclic amines) is 1. The summed E-state index contributed by atoms with van der Waals surface area (Å²) in [5, 5.41) is 9.96. The van der Waals surface area contributed by atoms with Crippen molar-refractivity contribution in [2.45, 2.75) is 32.6 Å². The zero-order valence-corrected chi connectivity index (χ0v) is 15.5. The van der Waals surface area contributed by atoms with Crippen LogP contribution in [0.5, 0.6) is 5.75 Å². The van der Waals surface area contributed by atoms with Crippen molar-refractivity contribution >= 4 is 22.8 Å². The molecule has 1 atom stereocenters. The van der Waals surface area contributed by atoms with E-state index >= 15 is 0 Å². The van der Waals surface area contributed by atoms with Gasteiger partial charge in [-0.25, -0.2) is 4.79 Å². The number of amides is 1. The second-order valence-electron chi connectivity index (χ2n) is 6.87. The molecule has 1 saturated heterocycles. The van der Waals surface area contributed by atoms with Crippen molar-refractivity contribution in [1.29, 1.82) is 0 Å². The summed E-state index contributed by atoms with van der Waals surface area (Å²) in [5.41, 5.74) is 1.27. The van der Waals surface area contributed by atoms with Crippen LogP contribution >= 0.6 is 0 Å². The number of piperidine rings is 1. The van der Waals surface area contributed by atoms with Gasteiger partial charge in [-0.2, -0.15) is 0 Å². The van der Waals surface area contributed by atoms with Gasteiger partial charge < -0.3 is 19.2 Å². The number of fused-ring (bicyclic) bond motifs is 1. The molecule has 1 N–H and O–H groups in total. The standard InChI is InChI=1S/C20H23NO6/c1-12-15-6-5-14(26-2)10-17(15)27-20(25)16(12)7-8-18(22)21-9-3-4-13(11-21)19(23)24/h5-6,10,13H,3-4,7-9,11H2,1-2H3,(H,23,24). The fourth-order valence-electron chi connectivity index (χ4n) is 3.59. The number of carboxylic acids is 1. The van der Waals surface area contributed by atoms with E-state index in [1.165, 1.54) is 0 Å². The Morgan fingerprint density at radius 1 is 1.37 bits per heavy atom. The molecule has 1 aromatic carbocycles. The van der Waals surface area contributed by atoms with E-state index < -0.39 is 17.5 Å². The number of benzene rings is 1. The summed E-state index contributed by atoms with van der Waals surface area (Å²) in [5.74, 6) is -0.903. The number of aryl methyl sites for hydroxylation is 1. The molecule has 0 radical (unpaired) electrons. The minimum atomic E-state index is -0.867. The molecule has 2 aromatic rings. The van der Waals surface area contributed by atoms with E-state index in [-0.39, 0.29) is 25.3 Å². The van der Waals surface area contributed by atoms with Gasteiger partial charge in [-0.15, -0.1) is 0 Å². The maximum Gasteiger partial charge on any atom is 0.339 e. The van der Waals surface area contributed by atoms with Gasteiger partial charge in [0.2, 0.25) is 5.91 Å². The molecule has 0 aliphatic carbocycles. The fraction of sp³-hybridized carbons (Fsp3) is 0.450. The summed E-state index contributed by atoms with van der Waals surface area (Å²) in [7, 11) is 1.54. The molecular weight excluding hydrogens is 350 g/mol. The normalized spacial score (nSPS) is 17.1. The zero-order chi connectivity index (χ0) is 19.6. The van der Waals surface area contributed by atoms with Gasteiger partial charge in [0.05, 0.1) is 13.0 Å². The molecule has 7 heteroatoms. The van der Waals surface area contributed by atoms with Gasteiger partial charge >= 0.3 is 11.6 Å². The summed E-state index contributed by atoms with van der Waals surface area (Å²) in [6, 6.07) is 5.29. The molecule has 7 nitrogen and oxygen atoms in total. The molecule has 1 unspecified atom stereocenters. The maximum absolute atomic E-state index is 12.5. The van der Waals surface area contributed by atoms with Gasteiger partial charge in [-0.1, -0.05) is 0 Å². The number of ether oxygens (including phenoxy) is 1. The summed E-state index contributed by atoms with van der Waals surface area (Å²) < 4.78 is 10.6. The Morgan fingerprint density at radius 2 is 2.15 bits per heavy atom. The Morgan fingerprint density at radius 3 is 2.85 bits per heavy atom. The highest BCUT2D eigenvalue weighted by Crippen LogP contribution is 2.25. The highest BCUT2D eigenvalue weighted by atomic mass is 16.5. The maximum atomic E-state index is 12.5. The number of nitrogens with zero attached hydrogens (tertiary/aromatic N) is 1. The summed E-state index contributed by atoms with van der Waals surface area (Å²) in [6.45, 7) is 2.64. The lowest BCUT2D eigenvalue weighted by Crippen LogP contribution is -2.42. The second kappa shape index (κ2) is 7.82. The number of hydrogen-bond donors (Lipinski definition) is 1. The molecule has 0 spiro atoms. The molecule has 1 aliphatic rings. The number of methoxy groups -OCH3 is 1. The number of carbonyl (C=O) groups is 2. The first-order valence-electron chi connectivity index (χ1n) is 9.01. The lowest BCUT2D eigenvalue weighted by molar-refractivity contribution is -0.145. The quantitative estimate of drug-likeness (QED) is 0.808. The minimum absolute atomic E-state index is 0.130. The Hall–Kier alpha value is -2.83. The van der Waals surface area contributed by atoms with E-state index in [0.29, 0.717) is 36.3 Å². The van der Waals surface area contributed by atoms with Crippen LogP contribution in [0.1, 0.15) is 30.4 Å². The molecule has 1 fully saturated rings. The van der Waals surface area contributed by atoms with Crippen LogP contribution in [0.25, 0.3) is 11.0 Å². The third kappa shape index (κ3) is 3.97. The third-order valence-corrected chi connectivity index (χ3v) is 5.21. The van der Waals surface area contributed by atoms with E-state index in [9.17, 15) is 14.4 Å². The second-order valence-corrected chi connectivity index (χ2v) is 6.87. The van der Waals surface area contributed by atoms with Crippen molar-refractivity contribution < 1.29 is 23.8 Å². The number of aliphatic carboxylic acids is 1. The third-order valence-electron chi connectivity index (χ3n) is 5.21. The molecule has 3 rings (SSSR count). The van der Waals surface area contributed by atoms with E-state index in [1.807, 2.05) is 13.0 Å². The van der Waals surface area contributed by atoms with Crippen LogP contribution in [-0.2, 0) is 16.0 Å². The van der Waals surface area contributed by atoms with E-state index in [0.717, 1.165) is 10.9 Å². The first-order valence-corrected chi connectivity index (χ1v) is 9.01. The van der Waals surface area contributed by atoms with Crippen molar-refractivity contribution in [3.05, 3.63) is 39.7 Å². The minimum Gasteiger partial charge on any atom is -0.497 e. The molecule has 0 bridgehead atoms. The van der Waals surface area contributed by atoms with Crippen LogP contribution in [0.15, 0.2) is 27.4 Å². The first-order chi connectivity index (χ1) is 12.9. The Kier molecular flexibility index (Phi) is 5.48. The van der Waals surface area contributed by atoms with Crippen LogP contribution < -0.4 is 10.4 Å². The van der Waals surface area contributed by atoms with Crippen LogP contribution in [-0.4, -0.2) is 42.1 Å². The number of hydrogen-bond acceptors (Lipinski definition) is 5. The van der Waals surface area contributed by atoms with Crippen LogP contribution in [0, 0.1) is 12.8 Å². The molecule has 2 heterocycles. The summed E-state index contributed by atoms with van der Waals surface area (Å²) in [6.07, 6.45) is 1.69. The van der Waals surface area contributed by atoms with Crippen molar-refractivity contribution in [3.63, 3.8) is 0 Å². The van der Waals surface area contributed by atoms with Gasteiger partial charge in [0.1, 0.15) is 11.3 Å². The molecular formula is C20H23NO6. The molecule has 1 amide bonds. The number of carboxylic acid groups (broad SMARTS) is 1. The predicted octanol–water partition coefficient (Wildman–Crippen LogP) is 2.37. The smallest absolute Gasteiger partial charge is 0.339 e. The molecule has 1 aromatic heterocycles. The van der Waals surface area contributed by atoms with Crippen LogP contribution in [0.4, 0.5) is 0 Å². The average Bonchev–Trinajstić information content (AvgIpc) is 2.67. The molecule has 1 aliphatic heterocycles. The van der Waals surface area contributed by atoms with Crippen molar-refractivity contribution in [2.75, 3.05) is 20.2 Å². The molecule has 27 heavy (non-hydrogen) atoms. The van der Waals surface area contributed by atoms with Gasteiger partial charge in [-0.3, -0.25) is 9.59 Å². The molecule has 0 saturated carbocycles. The highest BCUT2D eigenvalue weighted by Gasteiger charge is 2.28. The molecule has 144 valence electrons. The van der Waals surface area contributed by atoms with E-state index in [2.05, 4.69) is 0 Å². The Balaban J connectivity index is 1.76. The van der Waals surface area contributed by atoms with Crippen molar-refractivity contribution in [2.24, 2.45) is 5.92 Å². The number of rotatable bonds is 5. The number of carbonyl (C=O) groups excluding carboxylic acids is 1. The highest BCUT2D eigenvalue weighted by molar-refractivity contribution is 5.83. The Bertz CT molecular complexity index is 932. The van der Waals surface area contributed by atoms with Gasteiger partial charge in [0, 0.05) is 36.5 Å². The van der Waals surface area contributed by atoms with Crippen molar-refractivity contribution in [1.82, 2.24) is 4.90 Å². The van der Waals surface area contributed by atoms with Crippen molar-refractivity contribution in [3.8, 4) is 5.75 Å². The van der Waals surface area contributed by atoms with Crippen LogP contribution in [0.2, 0.25) is 0 Å².